The number of benzene rings is 1. The molecule has 1 saturated heterocycles. The number of hydrogen-bond acceptors (Lipinski definition) is 6. The van der Waals surface area contributed by atoms with Crippen LogP contribution in [0.2, 0.25) is 0 Å². The Morgan fingerprint density at radius 3 is 2.95 bits per heavy atom. The van der Waals surface area contributed by atoms with Gasteiger partial charge in [-0.15, -0.1) is 0 Å². The first-order chi connectivity index (χ1) is 10.1. The number of ether oxygens (including phenoxy) is 1. The van der Waals surface area contributed by atoms with Gasteiger partial charge >= 0.3 is 0 Å². The van der Waals surface area contributed by atoms with Gasteiger partial charge in [-0.25, -0.2) is 0 Å². The van der Waals surface area contributed by atoms with Crippen molar-refractivity contribution in [2.45, 2.75) is 32.4 Å². The predicted molar refractivity (Wildman–Crippen MR) is 80.8 cm³/mol. The van der Waals surface area contributed by atoms with Crippen molar-refractivity contribution in [3.8, 4) is 0 Å². The largest absolute Gasteiger partial charge is 0.377 e. The van der Waals surface area contributed by atoms with Gasteiger partial charge in [0, 0.05) is 25.8 Å². The smallest absolute Gasteiger partial charge is 0.293 e. The van der Waals surface area contributed by atoms with Gasteiger partial charge in [-0.3, -0.25) is 20.9 Å². The topological polar surface area (TPSA) is 93.7 Å². The molecule has 1 aromatic rings. The van der Waals surface area contributed by atoms with Crippen LogP contribution in [-0.4, -0.2) is 35.6 Å². The van der Waals surface area contributed by atoms with E-state index < -0.39 is 4.92 Å². The molecule has 0 aliphatic carbocycles. The molecule has 1 aliphatic heterocycles. The van der Waals surface area contributed by atoms with E-state index in [4.69, 9.17) is 10.6 Å². The molecule has 1 heterocycles. The van der Waals surface area contributed by atoms with Crippen molar-refractivity contribution < 1.29 is 9.66 Å². The lowest BCUT2D eigenvalue weighted by Gasteiger charge is -2.23. The van der Waals surface area contributed by atoms with Gasteiger partial charge in [-0.1, -0.05) is 13.0 Å². The Hall–Kier alpha value is -1.70. The van der Waals surface area contributed by atoms with E-state index in [1.807, 2.05) is 0 Å². The fraction of sp³-hybridized carbons (Fsp3) is 0.571. The summed E-state index contributed by atoms with van der Waals surface area (Å²) in [6, 6.07) is 5.00. The Bertz CT molecular complexity index is 489. The minimum Gasteiger partial charge on any atom is -0.377 e. The summed E-state index contributed by atoms with van der Waals surface area (Å²) in [6.45, 7) is 5.47. The molecule has 7 nitrogen and oxygen atoms in total. The van der Waals surface area contributed by atoms with E-state index in [1.54, 1.807) is 12.1 Å². The lowest BCUT2D eigenvalue weighted by Crippen LogP contribution is -2.31. The van der Waals surface area contributed by atoms with Crippen LogP contribution in [-0.2, 0) is 11.3 Å². The number of nitro groups is 1. The second-order valence-electron chi connectivity index (χ2n) is 5.22. The fourth-order valence-corrected chi connectivity index (χ4v) is 2.60. The van der Waals surface area contributed by atoms with Gasteiger partial charge in [0.15, 0.2) is 0 Å². The van der Waals surface area contributed by atoms with Crippen LogP contribution in [0, 0.1) is 10.1 Å². The van der Waals surface area contributed by atoms with Gasteiger partial charge in [0.05, 0.1) is 11.0 Å². The number of nitrogens with two attached hydrogens (primary N) is 1. The molecule has 0 amide bonds. The van der Waals surface area contributed by atoms with Crippen LogP contribution in [0.25, 0.3) is 0 Å². The summed E-state index contributed by atoms with van der Waals surface area (Å²) in [4.78, 5) is 12.7. The number of rotatable bonds is 7. The van der Waals surface area contributed by atoms with E-state index in [9.17, 15) is 10.1 Å². The van der Waals surface area contributed by atoms with Crippen molar-refractivity contribution in [3.05, 3.63) is 33.9 Å². The lowest BCUT2D eigenvalue weighted by molar-refractivity contribution is -0.384. The van der Waals surface area contributed by atoms with Crippen molar-refractivity contribution in [3.63, 3.8) is 0 Å². The van der Waals surface area contributed by atoms with Crippen molar-refractivity contribution in [2.75, 3.05) is 25.1 Å². The summed E-state index contributed by atoms with van der Waals surface area (Å²) in [6.07, 6.45) is 2.53. The molecule has 7 heteroatoms. The normalized spacial score (nSPS) is 18.1. The molecule has 21 heavy (non-hydrogen) atoms. The van der Waals surface area contributed by atoms with Crippen LogP contribution in [0.1, 0.15) is 25.3 Å². The predicted octanol–water partition coefficient (Wildman–Crippen LogP) is 1.88. The summed E-state index contributed by atoms with van der Waals surface area (Å²) >= 11 is 0. The summed E-state index contributed by atoms with van der Waals surface area (Å²) in [5.41, 5.74) is 3.72. The van der Waals surface area contributed by atoms with E-state index in [-0.39, 0.29) is 5.69 Å². The third kappa shape index (κ3) is 4.13. The van der Waals surface area contributed by atoms with Gasteiger partial charge in [-0.05, 0) is 31.0 Å². The van der Waals surface area contributed by atoms with E-state index in [1.165, 1.54) is 6.07 Å². The average molecular weight is 294 g/mol. The zero-order valence-corrected chi connectivity index (χ0v) is 12.2. The molecule has 0 radical (unpaired) electrons. The van der Waals surface area contributed by atoms with Crippen molar-refractivity contribution in [2.24, 2.45) is 5.84 Å². The maximum absolute atomic E-state index is 10.9. The molecule has 1 unspecified atom stereocenters. The highest BCUT2D eigenvalue weighted by molar-refractivity contribution is 5.62. The van der Waals surface area contributed by atoms with Crippen LogP contribution >= 0.6 is 0 Å². The first-order valence-corrected chi connectivity index (χ1v) is 7.22. The molecule has 1 aliphatic rings. The minimum absolute atomic E-state index is 0.0107. The van der Waals surface area contributed by atoms with Gasteiger partial charge in [0.1, 0.15) is 5.69 Å². The maximum atomic E-state index is 10.9. The summed E-state index contributed by atoms with van der Waals surface area (Å²) < 4.78 is 5.66. The maximum Gasteiger partial charge on any atom is 0.293 e. The van der Waals surface area contributed by atoms with Crippen molar-refractivity contribution in [1.29, 1.82) is 0 Å². The Kier molecular flexibility index (Phi) is 5.49. The number of hydrazine groups is 1. The second kappa shape index (κ2) is 7.35. The highest BCUT2D eigenvalue weighted by atomic mass is 16.6. The SMILES string of the molecule is CCN(Cc1ccc([N+](=O)[O-])c(NN)c1)CC1CCCO1. The van der Waals surface area contributed by atoms with Crippen LogP contribution in [0.3, 0.4) is 0 Å². The van der Waals surface area contributed by atoms with E-state index in [0.29, 0.717) is 11.8 Å². The average Bonchev–Trinajstić information content (AvgIpc) is 2.99. The van der Waals surface area contributed by atoms with Crippen LogP contribution in [0.5, 0.6) is 0 Å². The van der Waals surface area contributed by atoms with Gasteiger partial charge in [-0.2, -0.15) is 0 Å². The summed E-state index contributed by atoms with van der Waals surface area (Å²) in [5, 5.41) is 10.9. The van der Waals surface area contributed by atoms with Crippen molar-refractivity contribution in [1.82, 2.24) is 4.90 Å². The Balaban J connectivity index is 2.04. The van der Waals surface area contributed by atoms with Gasteiger partial charge < -0.3 is 10.2 Å². The van der Waals surface area contributed by atoms with Crippen LogP contribution < -0.4 is 11.3 Å². The number of nitro benzene ring substituents is 1. The zero-order valence-electron chi connectivity index (χ0n) is 12.2. The van der Waals surface area contributed by atoms with Gasteiger partial charge in [0.2, 0.25) is 0 Å². The summed E-state index contributed by atoms with van der Waals surface area (Å²) in [7, 11) is 0. The van der Waals surface area contributed by atoms with Gasteiger partial charge in [0.25, 0.3) is 5.69 Å². The summed E-state index contributed by atoms with van der Waals surface area (Å²) in [5.74, 6) is 5.36. The van der Waals surface area contributed by atoms with Crippen molar-refractivity contribution >= 4 is 11.4 Å². The molecule has 0 spiro atoms. The van der Waals surface area contributed by atoms with Crippen LogP contribution in [0.15, 0.2) is 18.2 Å². The standard InChI is InChI=1S/C14H22N4O3/c1-2-17(10-12-4-3-7-21-12)9-11-5-6-14(18(19)20)13(8-11)16-15/h5-6,8,12,16H,2-4,7,9-10,15H2,1H3. The molecule has 116 valence electrons. The molecule has 1 fully saturated rings. The molecule has 1 atom stereocenters. The number of hydrogen-bond donors (Lipinski definition) is 2. The van der Waals surface area contributed by atoms with Crippen LogP contribution in [0.4, 0.5) is 11.4 Å². The quantitative estimate of drug-likeness (QED) is 0.453. The molecule has 0 bridgehead atoms. The number of anilines is 1. The number of nitrogens with one attached hydrogen (secondary N) is 1. The number of likely N-dealkylation sites (N-methyl/N-ethyl adjacent to an activating group) is 1. The third-order valence-corrected chi connectivity index (χ3v) is 3.75. The van der Waals surface area contributed by atoms with E-state index in [0.717, 1.165) is 44.6 Å². The third-order valence-electron chi connectivity index (χ3n) is 3.75. The highest BCUT2D eigenvalue weighted by Gasteiger charge is 2.19. The Morgan fingerprint density at radius 2 is 2.38 bits per heavy atom. The first-order valence-electron chi connectivity index (χ1n) is 7.22. The second-order valence-corrected chi connectivity index (χ2v) is 5.22. The van der Waals surface area contributed by atoms with E-state index >= 15 is 0 Å². The Labute approximate surface area is 124 Å². The fourth-order valence-electron chi connectivity index (χ4n) is 2.60. The minimum atomic E-state index is -0.442. The molecule has 1 aromatic carbocycles. The number of nitrogen functional groups attached to an aromatic ring is 1. The monoisotopic (exact) mass is 294 g/mol. The molecule has 0 aromatic heterocycles. The molecular weight excluding hydrogens is 272 g/mol. The zero-order chi connectivity index (χ0) is 15.2. The highest BCUT2D eigenvalue weighted by Crippen LogP contribution is 2.25. The first kappa shape index (κ1) is 15.7. The molecule has 3 N–H and O–H groups in total. The Morgan fingerprint density at radius 1 is 1.57 bits per heavy atom. The van der Waals surface area contributed by atoms with E-state index in [2.05, 4.69) is 17.2 Å². The lowest BCUT2D eigenvalue weighted by atomic mass is 10.1. The molecule has 2 rings (SSSR count). The molecule has 0 saturated carbocycles. The number of nitrogens with zero attached hydrogens (tertiary/aromatic N) is 2. The molecular formula is C14H22N4O3.